The van der Waals surface area contributed by atoms with E-state index in [0.717, 1.165) is 0 Å². The van der Waals surface area contributed by atoms with Crippen LogP contribution in [0.3, 0.4) is 0 Å². The molecule has 0 aliphatic carbocycles. The zero-order valence-corrected chi connectivity index (χ0v) is 7.37. The second-order valence-corrected chi connectivity index (χ2v) is 3.03. The van der Waals surface area contributed by atoms with Crippen molar-refractivity contribution in [3.63, 3.8) is 0 Å². The molecular formula is C9H10N4O. The van der Waals surface area contributed by atoms with Crippen LogP contribution in [0, 0.1) is 0 Å². The first-order valence-electron chi connectivity index (χ1n) is 4.10. The second kappa shape index (κ2) is 2.95. The van der Waals surface area contributed by atoms with Crippen molar-refractivity contribution >= 4 is 17.7 Å². The summed E-state index contributed by atoms with van der Waals surface area (Å²) in [6.45, 7) is 0. The summed E-state index contributed by atoms with van der Waals surface area (Å²) in [6.07, 6.45) is 1.66. The zero-order chi connectivity index (χ0) is 10.1. The highest BCUT2D eigenvalue weighted by atomic mass is 16.2. The summed E-state index contributed by atoms with van der Waals surface area (Å²) in [4.78, 5) is 11.5. The van der Waals surface area contributed by atoms with Crippen LogP contribution in [0.1, 0.15) is 15.9 Å². The van der Waals surface area contributed by atoms with Crippen LogP contribution in [-0.2, 0) is 0 Å². The van der Waals surface area contributed by atoms with Gasteiger partial charge in [-0.3, -0.25) is 15.6 Å². The van der Waals surface area contributed by atoms with Crippen LogP contribution in [0.25, 0.3) is 6.08 Å². The summed E-state index contributed by atoms with van der Waals surface area (Å²) >= 11 is 0. The lowest BCUT2D eigenvalue weighted by Crippen LogP contribution is -2.37. The van der Waals surface area contributed by atoms with E-state index in [9.17, 15) is 4.79 Å². The Kier molecular flexibility index (Phi) is 1.78. The summed E-state index contributed by atoms with van der Waals surface area (Å²) < 4.78 is 0. The summed E-state index contributed by atoms with van der Waals surface area (Å²) in [5.41, 5.74) is 18.0. The quantitative estimate of drug-likeness (QED) is 0.425. The normalized spacial score (nSPS) is 14.6. The number of hydrogen-bond donors (Lipinski definition) is 4. The fourth-order valence-corrected chi connectivity index (χ4v) is 1.31. The van der Waals surface area contributed by atoms with Crippen LogP contribution in [0.2, 0.25) is 0 Å². The van der Waals surface area contributed by atoms with Gasteiger partial charge in [-0.05, 0) is 29.8 Å². The summed E-state index contributed by atoms with van der Waals surface area (Å²) in [5, 5.41) is 0. The number of carbonyl (C=O) groups excluding carboxylic acids is 1. The Hall–Kier alpha value is -2.17. The fourth-order valence-electron chi connectivity index (χ4n) is 1.31. The van der Waals surface area contributed by atoms with Gasteiger partial charge in [0.15, 0.2) is 0 Å². The Morgan fingerprint density at radius 1 is 1.14 bits per heavy atom. The third-order valence-electron chi connectivity index (χ3n) is 1.95. The van der Waals surface area contributed by atoms with Crippen molar-refractivity contribution in [2.75, 3.05) is 5.73 Å². The van der Waals surface area contributed by atoms with Crippen molar-refractivity contribution in [3.05, 3.63) is 35.1 Å². The van der Waals surface area contributed by atoms with Crippen molar-refractivity contribution in [1.29, 1.82) is 0 Å². The Bertz CT molecular complexity index is 425. The van der Waals surface area contributed by atoms with Gasteiger partial charge in [0.05, 0.1) is 0 Å². The van der Waals surface area contributed by atoms with Gasteiger partial charge in [0.1, 0.15) is 5.82 Å². The number of hydrogen-bond acceptors (Lipinski definition) is 4. The topological polar surface area (TPSA) is 93.2 Å². The monoisotopic (exact) mass is 190 g/mol. The van der Waals surface area contributed by atoms with Crippen LogP contribution in [0.4, 0.5) is 5.69 Å². The van der Waals surface area contributed by atoms with E-state index in [1.807, 2.05) is 0 Å². The molecule has 0 atom stereocenters. The number of amides is 1. The predicted molar refractivity (Wildman–Crippen MR) is 53.6 cm³/mol. The molecule has 0 unspecified atom stereocenters. The molecule has 0 saturated carbocycles. The third-order valence-corrected chi connectivity index (χ3v) is 1.95. The number of hydrazine groups is 1. The Morgan fingerprint density at radius 2 is 1.93 bits per heavy atom. The molecule has 5 heteroatoms. The first-order chi connectivity index (χ1) is 6.66. The summed E-state index contributed by atoms with van der Waals surface area (Å²) in [5.74, 6) is 0.152. The maximum absolute atomic E-state index is 11.5. The average molecular weight is 190 g/mol. The Morgan fingerprint density at radius 3 is 2.71 bits per heavy atom. The Labute approximate surface area is 80.7 Å². The molecule has 72 valence electrons. The maximum Gasteiger partial charge on any atom is 0.270 e. The molecular weight excluding hydrogens is 180 g/mol. The van der Waals surface area contributed by atoms with Crippen molar-refractivity contribution < 1.29 is 4.79 Å². The number of fused-ring (bicyclic) bond motifs is 1. The SMILES string of the molecule is NC1=Cc2cc(N)ccc2C(=O)NN1. The van der Waals surface area contributed by atoms with Crippen molar-refractivity contribution in [2.45, 2.75) is 0 Å². The highest BCUT2D eigenvalue weighted by molar-refractivity contribution is 5.99. The molecule has 2 rings (SSSR count). The van der Waals surface area contributed by atoms with Gasteiger partial charge in [-0.2, -0.15) is 0 Å². The number of rotatable bonds is 0. The van der Waals surface area contributed by atoms with Crippen molar-refractivity contribution in [1.82, 2.24) is 10.9 Å². The van der Waals surface area contributed by atoms with Crippen molar-refractivity contribution in [3.8, 4) is 0 Å². The van der Waals surface area contributed by atoms with E-state index >= 15 is 0 Å². The van der Waals surface area contributed by atoms with E-state index in [0.29, 0.717) is 22.6 Å². The number of carbonyl (C=O) groups is 1. The van der Waals surface area contributed by atoms with E-state index < -0.39 is 0 Å². The minimum atomic E-state index is -0.225. The lowest BCUT2D eigenvalue weighted by Gasteiger charge is -2.04. The van der Waals surface area contributed by atoms with Gasteiger partial charge >= 0.3 is 0 Å². The highest BCUT2D eigenvalue weighted by Gasteiger charge is 2.13. The number of nitrogens with one attached hydrogen (secondary N) is 2. The van der Waals surface area contributed by atoms with Crippen LogP contribution < -0.4 is 22.3 Å². The van der Waals surface area contributed by atoms with Crippen LogP contribution in [0.15, 0.2) is 24.0 Å². The van der Waals surface area contributed by atoms with E-state index in [1.165, 1.54) is 0 Å². The molecule has 1 heterocycles. The summed E-state index contributed by atoms with van der Waals surface area (Å²) in [6, 6.07) is 5.04. The first-order valence-corrected chi connectivity index (χ1v) is 4.10. The number of nitrogens with two attached hydrogens (primary N) is 2. The molecule has 1 amide bonds. The minimum absolute atomic E-state index is 0.225. The number of anilines is 1. The molecule has 1 aliphatic rings. The van der Waals surface area contributed by atoms with E-state index in [-0.39, 0.29) is 5.91 Å². The van der Waals surface area contributed by atoms with Crippen molar-refractivity contribution in [2.24, 2.45) is 5.73 Å². The smallest absolute Gasteiger partial charge is 0.270 e. The lowest BCUT2D eigenvalue weighted by atomic mass is 10.1. The van der Waals surface area contributed by atoms with Gasteiger partial charge in [0.25, 0.3) is 5.91 Å². The maximum atomic E-state index is 11.5. The predicted octanol–water partition coefficient (Wildman–Crippen LogP) is -0.226. The largest absolute Gasteiger partial charge is 0.399 e. The molecule has 0 radical (unpaired) electrons. The van der Waals surface area contributed by atoms with Crippen LogP contribution in [0.5, 0.6) is 0 Å². The summed E-state index contributed by atoms with van der Waals surface area (Å²) in [7, 11) is 0. The number of nitrogen functional groups attached to an aromatic ring is 1. The molecule has 0 saturated heterocycles. The highest BCUT2D eigenvalue weighted by Crippen LogP contribution is 2.16. The molecule has 1 aromatic rings. The van der Waals surface area contributed by atoms with Crippen LogP contribution in [-0.4, -0.2) is 5.91 Å². The minimum Gasteiger partial charge on any atom is -0.399 e. The second-order valence-electron chi connectivity index (χ2n) is 3.03. The first kappa shape index (κ1) is 8.43. The molecule has 0 spiro atoms. The van der Waals surface area contributed by atoms with Gasteiger partial charge in [-0.1, -0.05) is 0 Å². The molecule has 14 heavy (non-hydrogen) atoms. The number of benzene rings is 1. The molecule has 0 bridgehead atoms. The lowest BCUT2D eigenvalue weighted by molar-refractivity contribution is 0.0940. The Balaban J connectivity index is 2.59. The molecule has 5 nitrogen and oxygen atoms in total. The molecule has 1 aromatic carbocycles. The van der Waals surface area contributed by atoms with E-state index in [4.69, 9.17) is 11.5 Å². The van der Waals surface area contributed by atoms with Gasteiger partial charge in [0.2, 0.25) is 0 Å². The standard InChI is InChI=1S/C9H10N4O/c10-6-1-2-7-5(3-6)4-8(11)12-13-9(7)14/h1-4,12H,10-11H2,(H,13,14). The third kappa shape index (κ3) is 1.35. The molecule has 1 aliphatic heterocycles. The molecule has 0 aromatic heterocycles. The van der Waals surface area contributed by atoms with Gasteiger partial charge in [-0.25, -0.2) is 0 Å². The molecule has 6 N–H and O–H groups in total. The van der Waals surface area contributed by atoms with Gasteiger partial charge in [0, 0.05) is 11.3 Å². The van der Waals surface area contributed by atoms with E-state index in [2.05, 4.69) is 10.9 Å². The van der Waals surface area contributed by atoms with Gasteiger partial charge in [-0.15, -0.1) is 0 Å². The van der Waals surface area contributed by atoms with Crippen LogP contribution >= 0.6 is 0 Å². The fraction of sp³-hybridized carbons (Fsp3) is 0. The molecule has 0 fully saturated rings. The average Bonchev–Trinajstić information content (AvgIpc) is 2.26. The zero-order valence-electron chi connectivity index (χ0n) is 7.37. The van der Waals surface area contributed by atoms with E-state index in [1.54, 1.807) is 24.3 Å². The van der Waals surface area contributed by atoms with Gasteiger partial charge < -0.3 is 11.5 Å².